The zero-order valence-corrected chi connectivity index (χ0v) is 15.0. The molecule has 21 heavy (non-hydrogen) atoms. The molecule has 0 aliphatic carbocycles. The number of hydrogen-bond donors (Lipinski definition) is 1. The summed E-state index contributed by atoms with van der Waals surface area (Å²) < 4.78 is 0. The Morgan fingerprint density at radius 2 is 1.86 bits per heavy atom. The van der Waals surface area contributed by atoms with E-state index >= 15 is 0 Å². The van der Waals surface area contributed by atoms with Crippen molar-refractivity contribution in [1.29, 1.82) is 0 Å². The van der Waals surface area contributed by atoms with Gasteiger partial charge >= 0.3 is 0 Å². The Hall–Kier alpha value is -0.120. The Kier molecular flexibility index (Phi) is 10.3. The van der Waals surface area contributed by atoms with E-state index in [9.17, 15) is 0 Å². The van der Waals surface area contributed by atoms with Crippen molar-refractivity contribution in [2.24, 2.45) is 5.92 Å². The Labute approximate surface area is 133 Å². The van der Waals surface area contributed by atoms with Gasteiger partial charge in [-0.15, -0.1) is 0 Å². The highest BCUT2D eigenvalue weighted by molar-refractivity contribution is 4.77. The minimum Gasteiger partial charge on any atom is -0.316 e. The Balaban J connectivity index is 2.05. The number of likely N-dealkylation sites (N-methyl/N-ethyl adjacent to an activating group) is 1. The molecule has 3 heteroatoms. The van der Waals surface area contributed by atoms with E-state index < -0.39 is 0 Å². The van der Waals surface area contributed by atoms with Gasteiger partial charge < -0.3 is 10.2 Å². The van der Waals surface area contributed by atoms with Crippen molar-refractivity contribution in [3.8, 4) is 0 Å². The zero-order chi connectivity index (χ0) is 15.5. The number of nitrogens with one attached hydrogen (secondary N) is 1. The zero-order valence-electron chi connectivity index (χ0n) is 15.0. The van der Waals surface area contributed by atoms with E-state index in [1.54, 1.807) is 0 Å². The van der Waals surface area contributed by atoms with E-state index in [0.29, 0.717) is 0 Å². The van der Waals surface area contributed by atoms with Crippen LogP contribution in [0.5, 0.6) is 0 Å². The molecule has 3 nitrogen and oxygen atoms in total. The van der Waals surface area contributed by atoms with Gasteiger partial charge in [-0.25, -0.2) is 0 Å². The van der Waals surface area contributed by atoms with Gasteiger partial charge in [0.05, 0.1) is 0 Å². The molecule has 0 aromatic heterocycles. The third-order valence-electron chi connectivity index (χ3n) is 4.60. The van der Waals surface area contributed by atoms with Crippen LogP contribution in [-0.4, -0.2) is 62.2 Å². The van der Waals surface area contributed by atoms with E-state index in [1.165, 1.54) is 77.8 Å². The highest BCUT2D eigenvalue weighted by Crippen LogP contribution is 2.13. The van der Waals surface area contributed by atoms with E-state index in [1.807, 2.05) is 0 Å². The molecule has 1 aliphatic rings. The molecule has 1 aliphatic heterocycles. The van der Waals surface area contributed by atoms with Gasteiger partial charge in [-0.3, -0.25) is 4.90 Å². The van der Waals surface area contributed by atoms with Gasteiger partial charge in [0.1, 0.15) is 0 Å². The lowest BCUT2D eigenvalue weighted by Crippen LogP contribution is -2.40. The summed E-state index contributed by atoms with van der Waals surface area (Å²) in [5.74, 6) is 0.775. The number of rotatable bonds is 10. The molecule has 1 fully saturated rings. The summed E-state index contributed by atoms with van der Waals surface area (Å²) in [5.41, 5.74) is 0. The maximum absolute atomic E-state index is 3.54. The largest absolute Gasteiger partial charge is 0.316 e. The van der Waals surface area contributed by atoms with Crippen LogP contribution in [0.1, 0.15) is 59.3 Å². The maximum atomic E-state index is 3.54. The van der Waals surface area contributed by atoms with Gasteiger partial charge in [0.25, 0.3) is 0 Å². The lowest BCUT2D eigenvalue weighted by Gasteiger charge is -2.30. The van der Waals surface area contributed by atoms with Crippen LogP contribution in [0, 0.1) is 5.92 Å². The van der Waals surface area contributed by atoms with Crippen molar-refractivity contribution in [3.05, 3.63) is 0 Å². The summed E-state index contributed by atoms with van der Waals surface area (Å²) in [6, 6.07) is 0.783. The standard InChI is InChI=1S/C18H39N3/c1-5-18-16-20(4)12-10-14-21(18)13-9-7-6-8-11-19-15-17(2)3/h17-19H,5-16H2,1-4H3. The number of nitrogens with zero attached hydrogens (tertiary/aromatic N) is 2. The van der Waals surface area contributed by atoms with Crippen LogP contribution >= 0.6 is 0 Å². The van der Waals surface area contributed by atoms with Crippen molar-refractivity contribution < 1.29 is 0 Å². The first-order valence-electron chi connectivity index (χ1n) is 9.26. The summed E-state index contributed by atoms with van der Waals surface area (Å²) in [7, 11) is 2.27. The normalized spacial score (nSPS) is 21.9. The fourth-order valence-corrected chi connectivity index (χ4v) is 3.28. The number of hydrogen-bond acceptors (Lipinski definition) is 3. The number of unbranched alkanes of at least 4 members (excludes halogenated alkanes) is 3. The second-order valence-electron chi connectivity index (χ2n) is 7.23. The maximum Gasteiger partial charge on any atom is 0.0220 e. The third-order valence-corrected chi connectivity index (χ3v) is 4.60. The monoisotopic (exact) mass is 297 g/mol. The first-order valence-corrected chi connectivity index (χ1v) is 9.26. The molecule has 1 saturated heterocycles. The molecule has 1 atom stereocenters. The van der Waals surface area contributed by atoms with E-state index in [0.717, 1.165) is 12.0 Å². The van der Waals surface area contributed by atoms with Crippen LogP contribution in [0.4, 0.5) is 0 Å². The van der Waals surface area contributed by atoms with Gasteiger partial charge in [-0.05, 0) is 71.4 Å². The molecular formula is C18H39N3. The molecule has 0 aromatic carbocycles. The molecule has 0 bridgehead atoms. The summed E-state index contributed by atoms with van der Waals surface area (Å²) in [4.78, 5) is 5.26. The van der Waals surface area contributed by atoms with E-state index in [4.69, 9.17) is 0 Å². The SMILES string of the molecule is CCC1CN(C)CCCN1CCCCCCNCC(C)C. The predicted octanol–water partition coefficient (Wildman–Crippen LogP) is 3.21. The van der Waals surface area contributed by atoms with Crippen LogP contribution in [0.15, 0.2) is 0 Å². The lowest BCUT2D eigenvalue weighted by molar-refractivity contribution is 0.180. The Morgan fingerprint density at radius 3 is 2.57 bits per heavy atom. The van der Waals surface area contributed by atoms with Crippen LogP contribution in [0.25, 0.3) is 0 Å². The molecule has 1 unspecified atom stereocenters. The minimum absolute atomic E-state index is 0.775. The third kappa shape index (κ3) is 8.80. The smallest absolute Gasteiger partial charge is 0.0220 e. The van der Waals surface area contributed by atoms with Gasteiger partial charge in [0.2, 0.25) is 0 Å². The first-order chi connectivity index (χ1) is 10.1. The molecule has 1 heterocycles. The fourth-order valence-electron chi connectivity index (χ4n) is 3.28. The lowest BCUT2D eigenvalue weighted by atomic mass is 10.1. The first kappa shape index (κ1) is 18.9. The molecule has 0 spiro atoms. The summed E-state index contributed by atoms with van der Waals surface area (Å²) in [5, 5.41) is 3.54. The molecule has 1 N–H and O–H groups in total. The topological polar surface area (TPSA) is 18.5 Å². The average molecular weight is 298 g/mol. The summed E-state index contributed by atoms with van der Waals surface area (Å²) >= 11 is 0. The van der Waals surface area contributed by atoms with Gasteiger partial charge in [-0.1, -0.05) is 33.6 Å². The Bertz CT molecular complexity index is 243. The van der Waals surface area contributed by atoms with Crippen molar-refractivity contribution in [2.45, 2.75) is 65.3 Å². The summed E-state index contributed by atoms with van der Waals surface area (Å²) in [6.45, 7) is 14.4. The molecule has 0 aromatic rings. The van der Waals surface area contributed by atoms with E-state index in [-0.39, 0.29) is 0 Å². The van der Waals surface area contributed by atoms with Crippen molar-refractivity contribution >= 4 is 0 Å². The molecule has 1 rings (SSSR count). The minimum atomic E-state index is 0.775. The van der Waals surface area contributed by atoms with Crippen LogP contribution in [0.3, 0.4) is 0 Å². The average Bonchev–Trinajstić information content (AvgIpc) is 2.62. The van der Waals surface area contributed by atoms with Gasteiger partial charge in [0.15, 0.2) is 0 Å². The predicted molar refractivity (Wildman–Crippen MR) is 93.9 cm³/mol. The fraction of sp³-hybridized carbons (Fsp3) is 1.00. The van der Waals surface area contributed by atoms with Gasteiger partial charge in [0, 0.05) is 12.6 Å². The Morgan fingerprint density at radius 1 is 1.10 bits per heavy atom. The molecule has 0 saturated carbocycles. The van der Waals surface area contributed by atoms with Crippen molar-refractivity contribution in [3.63, 3.8) is 0 Å². The van der Waals surface area contributed by atoms with Crippen molar-refractivity contribution in [2.75, 3.05) is 46.3 Å². The van der Waals surface area contributed by atoms with Crippen molar-refractivity contribution in [1.82, 2.24) is 15.1 Å². The second-order valence-corrected chi connectivity index (χ2v) is 7.23. The molecular weight excluding hydrogens is 258 g/mol. The quantitative estimate of drug-likeness (QED) is 0.625. The molecule has 0 radical (unpaired) electrons. The van der Waals surface area contributed by atoms with E-state index in [2.05, 4.69) is 42.9 Å². The summed E-state index contributed by atoms with van der Waals surface area (Å²) in [6.07, 6.45) is 8.13. The van der Waals surface area contributed by atoms with Gasteiger partial charge in [-0.2, -0.15) is 0 Å². The van der Waals surface area contributed by atoms with Crippen LogP contribution in [-0.2, 0) is 0 Å². The molecule has 0 amide bonds. The second kappa shape index (κ2) is 11.4. The van der Waals surface area contributed by atoms with Crippen LogP contribution < -0.4 is 5.32 Å². The van der Waals surface area contributed by atoms with Crippen LogP contribution in [0.2, 0.25) is 0 Å². The highest BCUT2D eigenvalue weighted by Gasteiger charge is 2.20. The molecule has 126 valence electrons. The highest BCUT2D eigenvalue weighted by atomic mass is 15.2.